The van der Waals surface area contributed by atoms with Crippen LogP contribution in [0.2, 0.25) is 6.04 Å². The molecular formula is C9H22N2O2Si. The van der Waals surface area contributed by atoms with Crippen LogP contribution in [0.1, 0.15) is 26.2 Å². The molecule has 5 heteroatoms. The molecular weight excluding hydrogens is 196 g/mol. The summed E-state index contributed by atoms with van der Waals surface area (Å²) in [5, 5.41) is 0. The average Bonchev–Trinajstić information content (AvgIpc) is 2.62. The van der Waals surface area contributed by atoms with Crippen molar-refractivity contribution >= 4 is 8.72 Å². The molecule has 1 saturated heterocycles. The first-order valence-corrected chi connectivity index (χ1v) is 7.37. The highest BCUT2D eigenvalue weighted by molar-refractivity contribution is 6.65. The van der Waals surface area contributed by atoms with Crippen LogP contribution < -0.4 is 5.43 Å². The van der Waals surface area contributed by atoms with Crippen molar-refractivity contribution < 1.29 is 8.85 Å². The van der Waals surface area contributed by atoms with Gasteiger partial charge in [0.2, 0.25) is 0 Å². The van der Waals surface area contributed by atoms with Crippen LogP contribution in [0, 0.1) is 0 Å². The lowest BCUT2D eigenvalue weighted by Crippen LogP contribution is -2.59. The SMILES string of the molecule is CCCCNN1CCC[Si]1(OC)OC. The third kappa shape index (κ3) is 2.55. The monoisotopic (exact) mass is 218 g/mol. The van der Waals surface area contributed by atoms with Gasteiger partial charge in [-0.15, -0.1) is 0 Å². The van der Waals surface area contributed by atoms with E-state index in [1.54, 1.807) is 14.2 Å². The van der Waals surface area contributed by atoms with Crippen molar-refractivity contribution in [2.24, 2.45) is 0 Å². The Morgan fingerprint density at radius 2 is 2.07 bits per heavy atom. The zero-order valence-corrected chi connectivity index (χ0v) is 10.5. The Labute approximate surface area is 87.9 Å². The first-order valence-electron chi connectivity index (χ1n) is 5.40. The van der Waals surface area contributed by atoms with E-state index in [9.17, 15) is 0 Å². The molecule has 1 aliphatic rings. The molecule has 4 nitrogen and oxygen atoms in total. The van der Waals surface area contributed by atoms with E-state index < -0.39 is 8.72 Å². The Morgan fingerprint density at radius 1 is 1.36 bits per heavy atom. The Hall–Kier alpha value is 0.0569. The lowest BCUT2D eigenvalue weighted by atomic mass is 10.3. The molecule has 0 aromatic carbocycles. The molecule has 0 saturated carbocycles. The van der Waals surface area contributed by atoms with E-state index in [1.807, 2.05) is 0 Å². The van der Waals surface area contributed by atoms with Crippen LogP contribution in [0.4, 0.5) is 0 Å². The Kier molecular flexibility index (Phi) is 5.04. The molecule has 0 amide bonds. The number of hydrazine groups is 1. The van der Waals surface area contributed by atoms with Crippen LogP contribution >= 0.6 is 0 Å². The van der Waals surface area contributed by atoms with E-state index in [-0.39, 0.29) is 0 Å². The average molecular weight is 218 g/mol. The summed E-state index contributed by atoms with van der Waals surface area (Å²) in [4.78, 5) is 0. The minimum atomic E-state index is -2.04. The third-order valence-electron chi connectivity index (χ3n) is 2.76. The van der Waals surface area contributed by atoms with Crippen molar-refractivity contribution in [2.45, 2.75) is 32.2 Å². The second-order valence-electron chi connectivity index (χ2n) is 3.64. The molecule has 1 rings (SSSR count). The maximum atomic E-state index is 5.57. The second kappa shape index (κ2) is 5.82. The summed E-state index contributed by atoms with van der Waals surface area (Å²) in [6.45, 7) is 4.28. The summed E-state index contributed by atoms with van der Waals surface area (Å²) in [6, 6.07) is 1.07. The van der Waals surface area contributed by atoms with Gasteiger partial charge in [-0.2, -0.15) is 0 Å². The molecule has 0 aliphatic carbocycles. The molecule has 1 N–H and O–H groups in total. The van der Waals surface area contributed by atoms with Gasteiger partial charge >= 0.3 is 8.72 Å². The van der Waals surface area contributed by atoms with Crippen LogP contribution in [0.25, 0.3) is 0 Å². The van der Waals surface area contributed by atoms with E-state index in [0.717, 1.165) is 19.1 Å². The lowest BCUT2D eigenvalue weighted by Gasteiger charge is -2.32. The zero-order valence-electron chi connectivity index (χ0n) is 9.51. The molecule has 1 fully saturated rings. The topological polar surface area (TPSA) is 33.7 Å². The fraction of sp³-hybridized carbons (Fsp3) is 1.00. The van der Waals surface area contributed by atoms with Gasteiger partial charge in [0, 0.05) is 33.4 Å². The summed E-state index contributed by atoms with van der Waals surface area (Å²) in [5.41, 5.74) is 3.42. The van der Waals surface area contributed by atoms with Crippen LogP contribution in [-0.4, -0.2) is 40.7 Å². The van der Waals surface area contributed by atoms with Crippen molar-refractivity contribution in [3.63, 3.8) is 0 Å². The maximum Gasteiger partial charge on any atom is 0.441 e. The molecule has 0 atom stereocenters. The molecule has 84 valence electrons. The van der Waals surface area contributed by atoms with E-state index in [4.69, 9.17) is 8.85 Å². The number of rotatable bonds is 6. The first kappa shape index (κ1) is 12.1. The Bertz CT molecular complexity index is 165. The highest BCUT2D eigenvalue weighted by Crippen LogP contribution is 2.24. The Morgan fingerprint density at radius 3 is 2.64 bits per heavy atom. The quantitative estimate of drug-likeness (QED) is 0.537. The summed E-state index contributed by atoms with van der Waals surface area (Å²) in [6.07, 6.45) is 3.59. The largest absolute Gasteiger partial charge is 0.441 e. The van der Waals surface area contributed by atoms with Crippen molar-refractivity contribution in [2.75, 3.05) is 27.3 Å². The molecule has 0 spiro atoms. The fourth-order valence-electron chi connectivity index (χ4n) is 1.86. The van der Waals surface area contributed by atoms with Gasteiger partial charge in [0.1, 0.15) is 0 Å². The highest BCUT2D eigenvalue weighted by atomic mass is 28.4. The molecule has 0 radical (unpaired) electrons. The third-order valence-corrected chi connectivity index (χ3v) is 6.22. The van der Waals surface area contributed by atoms with Crippen molar-refractivity contribution in [1.29, 1.82) is 0 Å². The van der Waals surface area contributed by atoms with Gasteiger partial charge in [0.25, 0.3) is 0 Å². The number of hydrogen-bond donors (Lipinski definition) is 1. The van der Waals surface area contributed by atoms with Gasteiger partial charge in [-0.05, 0) is 12.8 Å². The van der Waals surface area contributed by atoms with E-state index >= 15 is 0 Å². The van der Waals surface area contributed by atoms with Crippen LogP contribution in [0.15, 0.2) is 0 Å². The molecule has 1 heterocycles. The minimum Gasteiger partial charge on any atom is -0.385 e. The van der Waals surface area contributed by atoms with Gasteiger partial charge < -0.3 is 8.85 Å². The fourth-order valence-corrected chi connectivity index (χ4v) is 4.61. The molecule has 14 heavy (non-hydrogen) atoms. The molecule has 0 aromatic heterocycles. The normalized spacial score (nSPS) is 21.6. The highest BCUT2D eigenvalue weighted by Gasteiger charge is 2.47. The number of nitrogens with zero attached hydrogens (tertiary/aromatic N) is 1. The van der Waals surface area contributed by atoms with E-state index in [0.29, 0.717) is 0 Å². The lowest BCUT2D eigenvalue weighted by molar-refractivity contribution is 0.153. The second-order valence-corrected chi connectivity index (χ2v) is 6.92. The van der Waals surface area contributed by atoms with Gasteiger partial charge in [0.05, 0.1) is 0 Å². The molecule has 1 aliphatic heterocycles. The summed E-state index contributed by atoms with van der Waals surface area (Å²) in [5.74, 6) is 0. The summed E-state index contributed by atoms with van der Waals surface area (Å²) in [7, 11) is 1.48. The summed E-state index contributed by atoms with van der Waals surface area (Å²) < 4.78 is 13.4. The number of nitrogens with one attached hydrogen (secondary N) is 1. The Balaban J connectivity index is 2.41. The van der Waals surface area contributed by atoms with Gasteiger partial charge in [0.15, 0.2) is 0 Å². The van der Waals surface area contributed by atoms with Crippen LogP contribution in [0.3, 0.4) is 0 Å². The van der Waals surface area contributed by atoms with E-state index in [2.05, 4.69) is 17.0 Å². The van der Waals surface area contributed by atoms with Gasteiger partial charge in [-0.3, -0.25) is 5.43 Å². The first-order chi connectivity index (χ1) is 6.79. The standard InChI is InChI=1S/C9H22N2O2Si/c1-4-5-7-10-11-8-6-9-14(11,12-2)13-3/h10H,4-9H2,1-3H3. The predicted octanol–water partition coefficient (Wildman–Crippen LogP) is 1.23. The van der Waals surface area contributed by atoms with Gasteiger partial charge in [-0.1, -0.05) is 13.3 Å². The van der Waals surface area contributed by atoms with E-state index in [1.165, 1.54) is 19.3 Å². The van der Waals surface area contributed by atoms with Crippen molar-refractivity contribution in [1.82, 2.24) is 10.1 Å². The maximum absolute atomic E-state index is 5.57. The smallest absolute Gasteiger partial charge is 0.385 e. The van der Waals surface area contributed by atoms with Crippen LogP contribution in [-0.2, 0) is 8.85 Å². The van der Waals surface area contributed by atoms with Crippen molar-refractivity contribution in [3.05, 3.63) is 0 Å². The minimum absolute atomic E-state index is 1.03. The molecule has 0 unspecified atom stereocenters. The van der Waals surface area contributed by atoms with Gasteiger partial charge in [-0.25, -0.2) is 4.67 Å². The van der Waals surface area contributed by atoms with Crippen LogP contribution in [0.5, 0.6) is 0 Å². The van der Waals surface area contributed by atoms with Crippen molar-refractivity contribution in [3.8, 4) is 0 Å². The number of hydrogen-bond acceptors (Lipinski definition) is 4. The number of unbranched alkanes of at least 4 members (excludes halogenated alkanes) is 1. The predicted molar refractivity (Wildman–Crippen MR) is 58.8 cm³/mol. The summed E-state index contributed by atoms with van der Waals surface area (Å²) >= 11 is 0. The zero-order chi connectivity index (χ0) is 10.4. The molecule has 0 bridgehead atoms. The molecule has 0 aromatic rings.